The van der Waals surface area contributed by atoms with Crippen molar-refractivity contribution in [2.45, 2.75) is 37.7 Å². The molecule has 3 aliphatic rings. The first-order valence-electron chi connectivity index (χ1n) is 11.4. The summed E-state index contributed by atoms with van der Waals surface area (Å²) in [4.78, 5) is 22.2. The summed E-state index contributed by atoms with van der Waals surface area (Å²) in [5.74, 6) is 2.22. The number of fused-ring (bicyclic) bond motifs is 2. The smallest absolute Gasteiger partial charge is 0.227 e. The lowest BCUT2D eigenvalue weighted by molar-refractivity contribution is -0.145. The van der Waals surface area contributed by atoms with Crippen molar-refractivity contribution in [2.24, 2.45) is 5.92 Å². The van der Waals surface area contributed by atoms with E-state index in [1.807, 2.05) is 30.5 Å². The number of amides is 1. The van der Waals surface area contributed by atoms with Gasteiger partial charge in [0, 0.05) is 32.4 Å². The average molecular weight is 422 g/mol. The third-order valence-corrected chi connectivity index (χ3v) is 7.18. The van der Waals surface area contributed by atoms with E-state index in [0.29, 0.717) is 5.91 Å². The predicted octanol–water partition coefficient (Wildman–Crippen LogP) is 3.40. The van der Waals surface area contributed by atoms with Gasteiger partial charge in [0.2, 0.25) is 5.91 Å². The number of rotatable bonds is 3. The van der Waals surface area contributed by atoms with Gasteiger partial charge in [-0.3, -0.25) is 4.79 Å². The third-order valence-electron chi connectivity index (χ3n) is 7.18. The summed E-state index contributed by atoms with van der Waals surface area (Å²) in [5.41, 5.74) is 2.35. The highest BCUT2D eigenvalue weighted by atomic mass is 16.5. The largest absolute Gasteiger partial charge is 0.497 e. The summed E-state index contributed by atoms with van der Waals surface area (Å²) in [6, 6.07) is 12.3. The van der Waals surface area contributed by atoms with Crippen LogP contribution in [-0.4, -0.2) is 55.7 Å². The molecule has 2 fully saturated rings. The molecule has 0 N–H and O–H groups in total. The number of likely N-dealkylation sites (tertiary alicyclic amines) is 1. The number of ether oxygens (including phenoxy) is 2. The van der Waals surface area contributed by atoms with E-state index < -0.39 is 0 Å². The minimum atomic E-state index is -0.261. The van der Waals surface area contributed by atoms with E-state index >= 15 is 0 Å². The zero-order chi connectivity index (χ0) is 21.3. The highest BCUT2D eigenvalue weighted by Crippen LogP contribution is 2.42. The van der Waals surface area contributed by atoms with E-state index in [1.54, 1.807) is 7.11 Å². The molecule has 2 aromatic rings. The molecule has 6 heteroatoms. The van der Waals surface area contributed by atoms with Gasteiger partial charge in [0.05, 0.1) is 25.2 Å². The molecule has 1 unspecified atom stereocenters. The number of methoxy groups -OCH3 is 1. The lowest BCUT2D eigenvalue weighted by Crippen LogP contribution is -2.51. The quantitative estimate of drug-likeness (QED) is 0.760. The molecule has 1 aromatic heterocycles. The van der Waals surface area contributed by atoms with E-state index in [-0.39, 0.29) is 11.5 Å². The average Bonchev–Trinajstić information content (AvgIpc) is 2.84. The molecular weight excluding hydrogens is 390 g/mol. The first-order valence-corrected chi connectivity index (χ1v) is 11.4. The van der Waals surface area contributed by atoms with Crippen LogP contribution in [0.1, 0.15) is 36.8 Å². The molecule has 1 amide bonds. The molecular formula is C25H31N3O3. The van der Waals surface area contributed by atoms with Crippen molar-refractivity contribution in [3.63, 3.8) is 0 Å². The monoisotopic (exact) mass is 421 g/mol. The fourth-order valence-electron chi connectivity index (χ4n) is 5.47. The number of hydrogen-bond donors (Lipinski definition) is 0. The maximum absolute atomic E-state index is 13.4. The molecule has 31 heavy (non-hydrogen) atoms. The maximum Gasteiger partial charge on any atom is 0.227 e. The van der Waals surface area contributed by atoms with Gasteiger partial charge in [-0.25, -0.2) is 4.98 Å². The first-order chi connectivity index (χ1) is 15.2. The van der Waals surface area contributed by atoms with Gasteiger partial charge < -0.3 is 19.3 Å². The molecule has 1 spiro atoms. The Labute approximate surface area is 184 Å². The van der Waals surface area contributed by atoms with E-state index in [0.717, 1.165) is 76.5 Å². The second-order valence-corrected chi connectivity index (χ2v) is 8.91. The van der Waals surface area contributed by atoms with Crippen LogP contribution in [-0.2, 0) is 21.6 Å². The summed E-state index contributed by atoms with van der Waals surface area (Å²) < 4.78 is 11.8. The summed E-state index contributed by atoms with van der Waals surface area (Å²) in [6.07, 6.45) is 6.44. The Morgan fingerprint density at radius 3 is 2.84 bits per heavy atom. The van der Waals surface area contributed by atoms with E-state index in [9.17, 15) is 4.79 Å². The zero-order valence-electron chi connectivity index (χ0n) is 18.3. The van der Waals surface area contributed by atoms with E-state index in [1.165, 1.54) is 11.1 Å². The Morgan fingerprint density at radius 1 is 1.19 bits per heavy atom. The van der Waals surface area contributed by atoms with Gasteiger partial charge in [-0.1, -0.05) is 12.1 Å². The number of nitrogens with zero attached hydrogens (tertiary/aromatic N) is 3. The van der Waals surface area contributed by atoms with Crippen molar-refractivity contribution in [1.29, 1.82) is 0 Å². The van der Waals surface area contributed by atoms with Crippen LogP contribution < -0.4 is 9.64 Å². The molecule has 2 saturated heterocycles. The number of pyridine rings is 1. The summed E-state index contributed by atoms with van der Waals surface area (Å²) >= 11 is 0. The van der Waals surface area contributed by atoms with Gasteiger partial charge in [-0.05, 0) is 67.5 Å². The summed E-state index contributed by atoms with van der Waals surface area (Å²) in [5, 5.41) is 0. The van der Waals surface area contributed by atoms with E-state index in [2.05, 4.69) is 26.9 Å². The Balaban J connectivity index is 1.25. The lowest BCUT2D eigenvalue weighted by atomic mass is 9.79. The van der Waals surface area contributed by atoms with Gasteiger partial charge in [0.1, 0.15) is 11.6 Å². The number of carbonyl (C=O) groups excluding carboxylic acids is 1. The standard InChI is InChI=1S/C25H31N3O3/c1-30-21-7-8-22-19(17-21)9-16-31-25(22)10-14-27(15-11-25)24(29)20-5-4-13-28(18-20)23-6-2-3-12-26-23/h2-3,6-8,12,17,20H,4-5,9-11,13-16,18H2,1H3. The molecule has 3 aliphatic heterocycles. The number of anilines is 1. The van der Waals surface area contributed by atoms with Gasteiger partial charge >= 0.3 is 0 Å². The summed E-state index contributed by atoms with van der Waals surface area (Å²) in [6.45, 7) is 3.97. The van der Waals surface area contributed by atoms with E-state index in [4.69, 9.17) is 9.47 Å². The Bertz CT molecular complexity index is 925. The van der Waals surface area contributed by atoms with Crippen LogP contribution in [0.15, 0.2) is 42.6 Å². The Morgan fingerprint density at radius 2 is 2.06 bits per heavy atom. The van der Waals surface area contributed by atoms with Crippen LogP contribution in [0.2, 0.25) is 0 Å². The van der Waals surface area contributed by atoms with Crippen LogP contribution in [0.5, 0.6) is 5.75 Å². The van der Waals surface area contributed by atoms with Crippen molar-refractivity contribution < 1.29 is 14.3 Å². The molecule has 4 heterocycles. The third kappa shape index (κ3) is 3.89. The SMILES string of the molecule is COc1ccc2c(c1)CCOC21CCN(C(=O)C2CCCN(c3ccccn3)C2)CC1. The van der Waals surface area contributed by atoms with Gasteiger partial charge in [-0.2, -0.15) is 0 Å². The second kappa shape index (κ2) is 8.50. The van der Waals surface area contributed by atoms with Crippen molar-refractivity contribution in [3.05, 3.63) is 53.7 Å². The summed E-state index contributed by atoms with van der Waals surface area (Å²) in [7, 11) is 1.71. The normalized spacial score (nSPS) is 22.8. The second-order valence-electron chi connectivity index (χ2n) is 8.91. The van der Waals surface area contributed by atoms with Crippen LogP contribution in [0, 0.1) is 5.92 Å². The molecule has 0 saturated carbocycles. The first kappa shape index (κ1) is 20.3. The van der Waals surface area contributed by atoms with Gasteiger partial charge in [0.25, 0.3) is 0 Å². The van der Waals surface area contributed by atoms with Crippen molar-refractivity contribution >= 4 is 11.7 Å². The number of benzene rings is 1. The number of aromatic nitrogens is 1. The lowest BCUT2D eigenvalue weighted by Gasteiger charge is -2.46. The van der Waals surface area contributed by atoms with Crippen LogP contribution >= 0.6 is 0 Å². The minimum Gasteiger partial charge on any atom is -0.497 e. The highest BCUT2D eigenvalue weighted by Gasteiger charge is 2.42. The van der Waals surface area contributed by atoms with Gasteiger partial charge in [0.15, 0.2) is 0 Å². The predicted molar refractivity (Wildman–Crippen MR) is 119 cm³/mol. The molecule has 5 rings (SSSR count). The van der Waals surface area contributed by atoms with Crippen LogP contribution in [0.25, 0.3) is 0 Å². The van der Waals surface area contributed by atoms with Gasteiger partial charge in [-0.15, -0.1) is 0 Å². The van der Waals surface area contributed by atoms with Crippen molar-refractivity contribution in [1.82, 2.24) is 9.88 Å². The zero-order valence-corrected chi connectivity index (χ0v) is 18.3. The number of piperidine rings is 2. The molecule has 6 nitrogen and oxygen atoms in total. The minimum absolute atomic E-state index is 0.0497. The van der Waals surface area contributed by atoms with Crippen LogP contribution in [0.3, 0.4) is 0 Å². The molecule has 0 radical (unpaired) electrons. The fraction of sp³-hybridized carbons (Fsp3) is 0.520. The Hall–Kier alpha value is -2.60. The van der Waals surface area contributed by atoms with Crippen molar-refractivity contribution in [3.8, 4) is 5.75 Å². The topological polar surface area (TPSA) is 54.9 Å². The van der Waals surface area contributed by atoms with Crippen LogP contribution in [0.4, 0.5) is 5.82 Å². The van der Waals surface area contributed by atoms with Crippen molar-refractivity contribution in [2.75, 3.05) is 44.8 Å². The highest BCUT2D eigenvalue weighted by molar-refractivity contribution is 5.80. The Kier molecular flexibility index (Phi) is 5.57. The molecule has 1 aromatic carbocycles. The fourth-order valence-corrected chi connectivity index (χ4v) is 5.47. The number of hydrogen-bond acceptors (Lipinski definition) is 5. The molecule has 1 atom stereocenters. The molecule has 0 bridgehead atoms. The maximum atomic E-state index is 13.4. The molecule has 164 valence electrons. The number of carbonyl (C=O) groups is 1. The molecule has 0 aliphatic carbocycles.